The van der Waals surface area contributed by atoms with Gasteiger partial charge in [-0.2, -0.15) is 18.3 Å². The summed E-state index contributed by atoms with van der Waals surface area (Å²) in [6, 6.07) is 3.76. The molecule has 3 unspecified atom stereocenters. The Morgan fingerprint density at radius 1 is 1.26 bits per heavy atom. The second-order valence-corrected chi connectivity index (χ2v) is 10.1. The van der Waals surface area contributed by atoms with Gasteiger partial charge in [0.2, 0.25) is 17.7 Å². The summed E-state index contributed by atoms with van der Waals surface area (Å²) in [5, 5.41) is 8.86. The molecular formula is C25H26F5N5O3. The van der Waals surface area contributed by atoms with Crippen molar-refractivity contribution in [2.45, 2.75) is 62.7 Å². The Labute approximate surface area is 214 Å². The van der Waals surface area contributed by atoms with Crippen LogP contribution >= 0.6 is 0 Å². The minimum Gasteiger partial charge on any atom is -0.438 e. The van der Waals surface area contributed by atoms with Crippen molar-refractivity contribution in [1.29, 1.82) is 0 Å². The number of oxazole rings is 1. The summed E-state index contributed by atoms with van der Waals surface area (Å²) < 4.78 is 74.1. The Bertz CT molecular complexity index is 1340. The van der Waals surface area contributed by atoms with Crippen LogP contribution < -0.4 is 10.6 Å². The van der Waals surface area contributed by atoms with Crippen LogP contribution in [0.4, 0.5) is 22.0 Å². The third-order valence-corrected chi connectivity index (χ3v) is 7.39. The molecule has 38 heavy (non-hydrogen) atoms. The third kappa shape index (κ3) is 5.37. The van der Waals surface area contributed by atoms with Crippen molar-refractivity contribution in [3.8, 4) is 0 Å². The molecule has 5 rings (SSSR count). The largest absolute Gasteiger partial charge is 0.438 e. The molecule has 0 bridgehead atoms. The first-order valence-corrected chi connectivity index (χ1v) is 12.3. The molecule has 0 radical (unpaired) electrons. The number of hydrogen-bond donors (Lipinski definition) is 2. The van der Waals surface area contributed by atoms with Crippen molar-refractivity contribution in [2.24, 2.45) is 18.9 Å². The van der Waals surface area contributed by atoms with E-state index in [0.717, 1.165) is 0 Å². The maximum atomic E-state index is 13.8. The monoisotopic (exact) mass is 539 g/mol. The van der Waals surface area contributed by atoms with Crippen molar-refractivity contribution in [2.75, 3.05) is 0 Å². The van der Waals surface area contributed by atoms with Crippen LogP contribution in [0.3, 0.4) is 0 Å². The average molecular weight is 540 g/mol. The van der Waals surface area contributed by atoms with Crippen LogP contribution in [-0.4, -0.2) is 44.7 Å². The first-order chi connectivity index (χ1) is 17.9. The number of nitrogens with zero attached hydrogens (tertiary/aromatic N) is 3. The number of carbonyl (C=O) groups is 2. The average Bonchev–Trinajstić information content (AvgIpc) is 3.56. The van der Waals surface area contributed by atoms with E-state index in [1.165, 1.54) is 16.9 Å². The second kappa shape index (κ2) is 9.66. The molecule has 0 spiro atoms. The zero-order valence-electron chi connectivity index (χ0n) is 20.4. The Balaban J connectivity index is 1.38. The van der Waals surface area contributed by atoms with Gasteiger partial charge in [-0.25, -0.2) is 13.8 Å². The number of aromatic nitrogens is 3. The zero-order chi connectivity index (χ0) is 27.2. The minimum absolute atomic E-state index is 0.0922. The predicted molar refractivity (Wildman–Crippen MR) is 124 cm³/mol. The van der Waals surface area contributed by atoms with E-state index < -0.39 is 41.9 Å². The lowest BCUT2D eigenvalue weighted by Crippen LogP contribution is -2.38. The van der Waals surface area contributed by atoms with Gasteiger partial charge in [0.15, 0.2) is 5.58 Å². The van der Waals surface area contributed by atoms with Gasteiger partial charge >= 0.3 is 6.18 Å². The van der Waals surface area contributed by atoms with Gasteiger partial charge in [-0.15, -0.1) is 0 Å². The molecule has 13 heteroatoms. The van der Waals surface area contributed by atoms with Gasteiger partial charge in [-0.05, 0) is 55.4 Å². The molecule has 2 aromatic heterocycles. The number of carbonyl (C=O) groups excluding carboxylic acids is 2. The van der Waals surface area contributed by atoms with Gasteiger partial charge in [0.1, 0.15) is 23.3 Å². The first kappa shape index (κ1) is 26.1. The maximum absolute atomic E-state index is 13.8. The molecule has 3 heterocycles. The van der Waals surface area contributed by atoms with Crippen LogP contribution in [-0.2, 0) is 18.3 Å². The molecule has 1 aliphatic heterocycles. The van der Waals surface area contributed by atoms with E-state index in [2.05, 4.69) is 15.4 Å². The Morgan fingerprint density at radius 3 is 2.63 bits per heavy atom. The van der Waals surface area contributed by atoms with Crippen LogP contribution in [0.25, 0.3) is 11.1 Å². The summed E-state index contributed by atoms with van der Waals surface area (Å²) in [7, 11) is 1.60. The topological polar surface area (TPSA) is 102 Å². The van der Waals surface area contributed by atoms with Crippen molar-refractivity contribution < 1.29 is 36.0 Å². The van der Waals surface area contributed by atoms with E-state index in [0.29, 0.717) is 16.7 Å². The Morgan fingerprint density at radius 2 is 2.00 bits per heavy atom. The number of hydrogen-bond acceptors (Lipinski definition) is 5. The maximum Gasteiger partial charge on any atom is 0.408 e. The molecule has 1 aliphatic carbocycles. The number of alkyl halides is 5. The highest BCUT2D eigenvalue weighted by molar-refractivity contribution is 5.92. The highest BCUT2D eigenvalue weighted by Gasteiger charge is 2.47. The Hall–Kier alpha value is -3.51. The third-order valence-electron chi connectivity index (χ3n) is 7.39. The number of halogens is 5. The number of aryl methyl sites for hydroxylation is 1. The molecule has 1 saturated heterocycles. The van der Waals surface area contributed by atoms with Crippen LogP contribution in [0, 0.1) is 11.8 Å². The predicted octanol–water partition coefficient (Wildman–Crippen LogP) is 4.47. The highest BCUT2D eigenvalue weighted by atomic mass is 19.4. The van der Waals surface area contributed by atoms with Crippen LogP contribution in [0.1, 0.15) is 60.1 Å². The summed E-state index contributed by atoms with van der Waals surface area (Å²) in [6.45, 7) is 0. The molecule has 2 amide bonds. The number of benzene rings is 1. The van der Waals surface area contributed by atoms with Gasteiger partial charge in [0.05, 0.1) is 0 Å². The van der Waals surface area contributed by atoms with Gasteiger partial charge < -0.3 is 15.1 Å². The summed E-state index contributed by atoms with van der Waals surface area (Å²) in [5.74, 6) is -4.90. The van der Waals surface area contributed by atoms with Crippen LogP contribution in [0.5, 0.6) is 0 Å². The molecule has 1 aromatic carbocycles. The SMILES string of the molecule is Cn1nccc1C(=O)NC(c1nc2cc(CC3CC(C(F)(F)F)NC3=O)ccc2o1)C1CCC(F)(F)CC1. The lowest BCUT2D eigenvalue weighted by Gasteiger charge is -2.32. The van der Waals surface area contributed by atoms with Gasteiger partial charge in [-0.1, -0.05) is 6.07 Å². The molecule has 204 valence electrons. The van der Waals surface area contributed by atoms with Crippen molar-refractivity contribution >= 4 is 22.9 Å². The minimum atomic E-state index is -4.51. The molecule has 3 atom stereocenters. The van der Waals surface area contributed by atoms with E-state index in [1.807, 2.05) is 5.32 Å². The quantitative estimate of drug-likeness (QED) is 0.451. The second-order valence-electron chi connectivity index (χ2n) is 10.1. The smallest absolute Gasteiger partial charge is 0.408 e. The molecule has 1 saturated carbocycles. The fourth-order valence-corrected chi connectivity index (χ4v) is 5.26. The number of nitrogens with one attached hydrogen (secondary N) is 2. The molecule has 3 aromatic rings. The van der Waals surface area contributed by atoms with Gasteiger partial charge in [-0.3, -0.25) is 14.3 Å². The van der Waals surface area contributed by atoms with Crippen LogP contribution in [0.2, 0.25) is 0 Å². The highest BCUT2D eigenvalue weighted by Crippen LogP contribution is 2.42. The lowest BCUT2D eigenvalue weighted by atomic mass is 9.82. The molecule has 2 N–H and O–H groups in total. The number of fused-ring (bicyclic) bond motifs is 1. The van der Waals surface area contributed by atoms with Crippen molar-refractivity contribution in [3.63, 3.8) is 0 Å². The van der Waals surface area contributed by atoms with E-state index >= 15 is 0 Å². The lowest BCUT2D eigenvalue weighted by molar-refractivity contribution is -0.154. The zero-order valence-corrected chi connectivity index (χ0v) is 20.4. The van der Waals surface area contributed by atoms with E-state index in [-0.39, 0.29) is 56.0 Å². The number of amides is 2. The summed E-state index contributed by atoms with van der Waals surface area (Å²) in [6.07, 6.45) is -3.62. The molecule has 8 nitrogen and oxygen atoms in total. The van der Waals surface area contributed by atoms with Gasteiger partial charge in [0, 0.05) is 32.0 Å². The van der Waals surface area contributed by atoms with E-state index in [1.54, 1.807) is 25.2 Å². The van der Waals surface area contributed by atoms with Crippen molar-refractivity contribution in [3.05, 3.63) is 47.6 Å². The first-order valence-electron chi connectivity index (χ1n) is 12.3. The van der Waals surface area contributed by atoms with Gasteiger partial charge in [0.25, 0.3) is 5.91 Å². The molecule has 2 aliphatic rings. The van der Waals surface area contributed by atoms with E-state index in [9.17, 15) is 31.5 Å². The standard InChI is InChI=1S/C25H26F5N5O3/c1-35-17(6-9-31-35)22(37)34-20(14-4-7-24(26,27)8-5-14)23-32-16-11-13(2-3-18(16)38-23)10-15-12-19(25(28,29)30)33-21(15)36/h2-3,6,9,11,14-15,19-20H,4-5,7-8,10,12H2,1H3,(H,33,36)(H,34,37). The summed E-state index contributed by atoms with van der Waals surface area (Å²) >= 11 is 0. The van der Waals surface area contributed by atoms with Crippen LogP contribution in [0.15, 0.2) is 34.9 Å². The van der Waals surface area contributed by atoms with E-state index in [4.69, 9.17) is 4.42 Å². The fourth-order valence-electron chi connectivity index (χ4n) is 5.26. The molecule has 2 fully saturated rings. The normalized spacial score (nSPS) is 22.9. The Kier molecular flexibility index (Phi) is 6.64. The fraction of sp³-hybridized carbons (Fsp3) is 0.520. The summed E-state index contributed by atoms with van der Waals surface area (Å²) in [4.78, 5) is 29.6. The summed E-state index contributed by atoms with van der Waals surface area (Å²) in [5.41, 5.74) is 1.65. The number of rotatable bonds is 6. The molecular weight excluding hydrogens is 513 g/mol. The van der Waals surface area contributed by atoms with Crippen molar-refractivity contribution in [1.82, 2.24) is 25.4 Å².